The molecule has 3 aliphatic heterocycles. The van der Waals surface area contributed by atoms with Crippen molar-refractivity contribution in [3.05, 3.63) is 10.4 Å². The number of hydrogen-bond donors (Lipinski definition) is 0. The molecule has 0 aromatic rings. The molecule has 0 radical (unpaired) electrons. The third-order valence-electron chi connectivity index (χ3n) is 3.91. The summed E-state index contributed by atoms with van der Waals surface area (Å²) in [7, 11) is 0. The van der Waals surface area contributed by atoms with E-state index in [0.717, 1.165) is 25.4 Å². The van der Waals surface area contributed by atoms with Crippen LogP contribution in [0.2, 0.25) is 0 Å². The molecular weight excluding hydrogens is 182 g/mol. The van der Waals surface area contributed by atoms with E-state index in [1.54, 1.807) is 0 Å². The van der Waals surface area contributed by atoms with Gasteiger partial charge < -0.3 is 9.47 Å². The molecule has 4 bridgehead atoms. The van der Waals surface area contributed by atoms with Gasteiger partial charge in [0.2, 0.25) is 0 Å². The van der Waals surface area contributed by atoms with Crippen LogP contribution in [0.1, 0.15) is 19.3 Å². The van der Waals surface area contributed by atoms with Gasteiger partial charge >= 0.3 is 0 Å². The highest BCUT2D eigenvalue weighted by molar-refractivity contribution is 5.05. The number of rotatable bonds is 2. The largest absolute Gasteiger partial charge is 0.352 e. The number of fused-ring (bicyclic) bond motifs is 1. The Bertz CT molecular complexity index is 302. The lowest BCUT2D eigenvalue weighted by molar-refractivity contribution is -0.308. The van der Waals surface area contributed by atoms with Crippen molar-refractivity contribution >= 4 is 0 Å². The molecule has 3 saturated heterocycles. The molecule has 4 fully saturated rings. The van der Waals surface area contributed by atoms with Crippen molar-refractivity contribution in [1.82, 2.24) is 0 Å². The first kappa shape index (κ1) is 8.53. The summed E-state index contributed by atoms with van der Waals surface area (Å²) in [5.41, 5.74) is 8.18. The van der Waals surface area contributed by atoms with Crippen LogP contribution >= 0.6 is 0 Å². The Labute approximate surface area is 82.0 Å². The molecule has 1 aliphatic carbocycles. The van der Waals surface area contributed by atoms with E-state index in [9.17, 15) is 0 Å². The summed E-state index contributed by atoms with van der Waals surface area (Å²) in [6.07, 6.45) is 3.22. The topological polar surface area (TPSA) is 67.2 Å². The van der Waals surface area contributed by atoms with E-state index in [4.69, 9.17) is 15.0 Å². The highest BCUT2D eigenvalue weighted by Crippen LogP contribution is 2.53. The second-order valence-electron chi connectivity index (χ2n) is 4.48. The molecule has 0 aromatic carbocycles. The van der Waals surface area contributed by atoms with Crippen LogP contribution in [0.5, 0.6) is 0 Å². The fourth-order valence-electron chi connectivity index (χ4n) is 3.22. The highest BCUT2D eigenvalue weighted by atomic mass is 16.7. The second kappa shape index (κ2) is 2.86. The van der Waals surface area contributed by atoms with Crippen molar-refractivity contribution in [1.29, 1.82) is 0 Å². The molecule has 1 saturated carbocycles. The number of azide groups is 1. The van der Waals surface area contributed by atoms with E-state index in [1.807, 2.05) is 0 Å². The van der Waals surface area contributed by atoms with Crippen LogP contribution in [-0.4, -0.2) is 25.0 Å². The van der Waals surface area contributed by atoms with Gasteiger partial charge in [0, 0.05) is 17.3 Å². The first-order chi connectivity index (χ1) is 6.84. The van der Waals surface area contributed by atoms with Gasteiger partial charge in [-0.3, -0.25) is 0 Å². The van der Waals surface area contributed by atoms with Gasteiger partial charge in [-0.15, -0.1) is 0 Å². The van der Waals surface area contributed by atoms with Crippen molar-refractivity contribution in [3.8, 4) is 0 Å². The maximum Gasteiger partial charge on any atom is 0.158 e. The monoisotopic (exact) mass is 195 g/mol. The van der Waals surface area contributed by atoms with E-state index in [0.29, 0.717) is 12.5 Å². The minimum Gasteiger partial charge on any atom is -0.352 e. The standard InChI is InChI=1S/C9H13N3O2/c10-12-11-5-9-2-1-6-3-8(14-9)13-4-7(6)9/h6-8H,1-5H2. The average Bonchev–Trinajstić information content (AvgIpc) is 2.49. The summed E-state index contributed by atoms with van der Waals surface area (Å²) < 4.78 is 11.4. The minimum absolute atomic E-state index is 0.0404. The fourth-order valence-corrected chi connectivity index (χ4v) is 3.22. The molecule has 4 atom stereocenters. The van der Waals surface area contributed by atoms with Gasteiger partial charge in [-0.1, -0.05) is 5.11 Å². The molecule has 4 aliphatic rings. The van der Waals surface area contributed by atoms with E-state index in [2.05, 4.69) is 10.0 Å². The molecule has 0 aromatic heterocycles. The Morgan fingerprint density at radius 1 is 1.57 bits per heavy atom. The van der Waals surface area contributed by atoms with Crippen molar-refractivity contribution in [3.63, 3.8) is 0 Å². The van der Waals surface area contributed by atoms with Crippen molar-refractivity contribution in [2.75, 3.05) is 13.2 Å². The quantitative estimate of drug-likeness (QED) is 0.383. The van der Waals surface area contributed by atoms with Crippen LogP contribution in [0.4, 0.5) is 0 Å². The molecule has 0 amide bonds. The third kappa shape index (κ3) is 1.00. The van der Waals surface area contributed by atoms with Crippen LogP contribution < -0.4 is 0 Å². The lowest BCUT2D eigenvalue weighted by Gasteiger charge is -2.49. The number of nitrogens with zero attached hydrogens (tertiary/aromatic N) is 3. The minimum atomic E-state index is -0.182. The van der Waals surface area contributed by atoms with Crippen molar-refractivity contribution < 1.29 is 9.47 Å². The van der Waals surface area contributed by atoms with Crippen LogP contribution in [0, 0.1) is 11.8 Å². The van der Waals surface area contributed by atoms with Crippen LogP contribution in [-0.2, 0) is 9.47 Å². The summed E-state index contributed by atoms with van der Waals surface area (Å²) in [6, 6.07) is 0. The zero-order valence-corrected chi connectivity index (χ0v) is 7.93. The molecule has 4 rings (SSSR count). The lowest BCUT2D eigenvalue weighted by atomic mass is 9.80. The molecule has 0 N–H and O–H groups in total. The zero-order valence-electron chi connectivity index (χ0n) is 7.93. The third-order valence-corrected chi connectivity index (χ3v) is 3.91. The zero-order chi connectivity index (χ0) is 9.60. The molecule has 5 heteroatoms. The summed E-state index contributed by atoms with van der Waals surface area (Å²) in [5, 5.41) is 3.68. The first-order valence-electron chi connectivity index (χ1n) is 5.14. The smallest absolute Gasteiger partial charge is 0.158 e. The van der Waals surface area contributed by atoms with E-state index in [1.165, 1.54) is 6.42 Å². The van der Waals surface area contributed by atoms with Crippen LogP contribution in [0.15, 0.2) is 5.11 Å². The van der Waals surface area contributed by atoms with Gasteiger partial charge in [0.1, 0.15) is 0 Å². The molecule has 76 valence electrons. The highest BCUT2D eigenvalue weighted by Gasteiger charge is 2.57. The van der Waals surface area contributed by atoms with Gasteiger partial charge in [0.15, 0.2) is 6.29 Å². The Balaban J connectivity index is 1.89. The maximum atomic E-state index is 8.36. The normalized spacial score (nSPS) is 49.0. The second-order valence-corrected chi connectivity index (χ2v) is 4.48. The summed E-state index contributed by atoms with van der Waals surface area (Å²) in [4.78, 5) is 2.83. The molecular formula is C9H13N3O2. The van der Waals surface area contributed by atoms with Crippen molar-refractivity contribution in [2.24, 2.45) is 17.0 Å². The predicted octanol–water partition coefficient (Wildman–Crippen LogP) is 1.84. The van der Waals surface area contributed by atoms with Crippen molar-refractivity contribution in [2.45, 2.75) is 31.2 Å². The SMILES string of the molecule is [N-]=[N+]=NCC12CCC3CC(OCC31)O2. The molecule has 14 heavy (non-hydrogen) atoms. The van der Waals surface area contributed by atoms with Gasteiger partial charge in [-0.2, -0.15) is 0 Å². The molecule has 0 spiro atoms. The fraction of sp³-hybridized carbons (Fsp3) is 1.00. The molecule has 3 heterocycles. The van der Waals surface area contributed by atoms with Gasteiger partial charge in [-0.25, -0.2) is 0 Å². The molecule has 5 nitrogen and oxygen atoms in total. The Morgan fingerprint density at radius 3 is 3.29 bits per heavy atom. The summed E-state index contributed by atoms with van der Waals surface area (Å²) in [6.45, 7) is 1.26. The Hall–Kier alpha value is -0.770. The van der Waals surface area contributed by atoms with E-state index in [-0.39, 0.29) is 11.9 Å². The van der Waals surface area contributed by atoms with Crippen LogP contribution in [0.3, 0.4) is 0 Å². The van der Waals surface area contributed by atoms with E-state index >= 15 is 0 Å². The van der Waals surface area contributed by atoms with Gasteiger partial charge in [0.25, 0.3) is 0 Å². The maximum absolute atomic E-state index is 8.36. The van der Waals surface area contributed by atoms with Gasteiger partial charge in [0.05, 0.1) is 18.8 Å². The van der Waals surface area contributed by atoms with Gasteiger partial charge in [-0.05, 0) is 24.3 Å². The Kier molecular flexibility index (Phi) is 1.74. The summed E-state index contributed by atoms with van der Waals surface area (Å²) >= 11 is 0. The first-order valence-corrected chi connectivity index (χ1v) is 5.14. The summed E-state index contributed by atoms with van der Waals surface area (Å²) in [5.74, 6) is 1.19. The Morgan fingerprint density at radius 2 is 2.50 bits per heavy atom. The lowest BCUT2D eigenvalue weighted by Crippen LogP contribution is -2.56. The number of ether oxygens (including phenoxy) is 2. The van der Waals surface area contributed by atoms with Crippen LogP contribution in [0.25, 0.3) is 10.4 Å². The van der Waals surface area contributed by atoms with E-state index < -0.39 is 0 Å². The predicted molar refractivity (Wildman–Crippen MR) is 48.4 cm³/mol. The molecule has 4 unspecified atom stereocenters. The number of hydrogen-bond acceptors (Lipinski definition) is 3. The average molecular weight is 195 g/mol.